The van der Waals surface area contributed by atoms with Crippen molar-refractivity contribution in [2.24, 2.45) is 0 Å². The number of hydrogen-bond acceptors (Lipinski definition) is 25. The molecule has 29 nitrogen and oxygen atoms in total. The summed E-state index contributed by atoms with van der Waals surface area (Å²) in [5.41, 5.74) is 12.9. The van der Waals surface area contributed by atoms with E-state index < -0.39 is 75.0 Å². The van der Waals surface area contributed by atoms with Crippen LogP contribution in [0.15, 0.2) is 99.3 Å². The summed E-state index contributed by atoms with van der Waals surface area (Å²) in [6, 6.07) is 22.0. The molecule has 6 aliphatic rings. The lowest BCUT2D eigenvalue weighted by molar-refractivity contribution is -0.386. The molecule has 0 saturated carbocycles. The fourth-order valence-corrected chi connectivity index (χ4v) is 14.8. The molecule has 0 spiro atoms. The molecule has 7 N–H and O–H groups in total. The van der Waals surface area contributed by atoms with E-state index in [9.17, 15) is 68.6 Å². The van der Waals surface area contributed by atoms with Crippen molar-refractivity contribution in [1.29, 1.82) is 0 Å². The Morgan fingerprint density at radius 1 is 0.519 bits per heavy atom. The summed E-state index contributed by atoms with van der Waals surface area (Å²) in [5.74, 6) is -4.05. The van der Waals surface area contributed by atoms with E-state index in [0.717, 1.165) is 21.9 Å². The molecule has 9 aromatic rings. The number of carbonyl (C=O) groups excluding carboxylic acids is 6. The van der Waals surface area contributed by atoms with Crippen molar-refractivity contribution in [2.75, 3.05) is 31.3 Å². The van der Waals surface area contributed by atoms with Gasteiger partial charge in [0.15, 0.2) is 16.8 Å². The number of nitrogens with zero attached hydrogens (tertiary/aromatic N) is 7. The van der Waals surface area contributed by atoms with Crippen LogP contribution in [0.1, 0.15) is 134 Å². The lowest BCUT2D eigenvalue weighted by Gasteiger charge is -2.33. The monoisotopic (exact) mass is 1420 g/mol. The van der Waals surface area contributed by atoms with Crippen LogP contribution in [0.3, 0.4) is 0 Å². The summed E-state index contributed by atoms with van der Waals surface area (Å²) >= 11 is 0. The van der Waals surface area contributed by atoms with Crippen molar-refractivity contribution < 1.29 is 77.4 Å². The van der Waals surface area contributed by atoms with Gasteiger partial charge < -0.3 is 64.3 Å². The minimum Gasteiger partial charge on any atom is -0.466 e. The summed E-state index contributed by atoms with van der Waals surface area (Å²) in [4.78, 5) is 140. The number of aromatic nitrogens is 6. The van der Waals surface area contributed by atoms with Crippen LogP contribution < -0.4 is 28.1 Å². The summed E-state index contributed by atoms with van der Waals surface area (Å²) < 4.78 is 34.6. The Balaban J connectivity index is 0.000000139. The maximum absolute atomic E-state index is 13.5. The van der Waals surface area contributed by atoms with E-state index in [-0.39, 0.29) is 139 Å². The standard InChI is InChI=1S/C25H21N3O8.C25H25N3O6.C25H23N3O6/c1-3-25(32)19-16(12-36-24(25)31)23(30)27-11-15-13(9-10-18(29)35-4-2)14-7-5-6-8-17(14)26-20(15)22(27)21(19)28(33)34;2*1-3-25(32)19-16(12-34-24(25)31)23(30)28-11-15-13(9-10-18(29)33-4-2)14-7-5-6-8-17(14)27-21(15)22(28)20(19)26/h5-10,32H,3-4,11-12H2,1-2H3;5-8,32H,3-4,9-12,26H2,1-2H3;5-10,32H,3-4,11-12,26H2,1-2H3/b10-9+;;10-9+/t3*25-/m000/s1. The zero-order valence-corrected chi connectivity index (χ0v) is 57.2. The number of anilines is 2. The molecule has 29 heteroatoms. The lowest BCUT2D eigenvalue weighted by atomic mass is 9.84. The highest BCUT2D eigenvalue weighted by Crippen LogP contribution is 2.50. The molecule has 0 saturated heterocycles. The number of pyridine rings is 6. The van der Waals surface area contributed by atoms with E-state index in [0.29, 0.717) is 80.0 Å². The average molecular weight is 1420 g/mol. The Morgan fingerprint density at radius 3 is 1.29 bits per heavy atom. The van der Waals surface area contributed by atoms with E-state index in [1.54, 1.807) is 71.0 Å². The van der Waals surface area contributed by atoms with Gasteiger partial charge in [0.25, 0.3) is 16.7 Å². The Bertz CT molecular complexity index is 5540. The Morgan fingerprint density at radius 2 is 0.875 bits per heavy atom. The normalized spacial score (nSPS) is 18.3. The zero-order chi connectivity index (χ0) is 74.2. The van der Waals surface area contributed by atoms with Crippen molar-refractivity contribution in [3.63, 3.8) is 0 Å². The number of benzene rings is 3. The zero-order valence-electron chi connectivity index (χ0n) is 57.2. The Kier molecular flexibility index (Phi) is 18.3. The Hall–Kier alpha value is -12.1. The minimum atomic E-state index is -2.35. The van der Waals surface area contributed by atoms with Gasteiger partial charge in [-0.2, -0.15) is 0 Å². The van der Waals surface area contributed by atoms with Gasteiger partial charge in [0.2, 0.25) is 0 Å². The topological polar surface area (TPSA) is 418 Å². The fourth-order valence-electron chi connectivity index (χ4n) is 14.8. The van der Waals surface area contributed by atoms with E-state index in [2.05, 4.69) is 4.98 Å². The van der Waals surface area contributed by atoms with Gasteiger partial charge in [0, 0.05) is 62.5 Å². The number of aliphatic hydroxyl groups is 3. The molecule has 0 radical (unpaired) electrons. The van der Waals surface area contributed by atoms with Gasteiger partial charge in [0.1, 0.15) is 31.2 Å². The number of cyclic esters (lactones) is 3. The van der Waals surface area contributed by atoms with Crippen LogP contribution in [0.5, 0.6) is 0 Å². The molecule has 3 atom stereocenters. The van der Waals surface area contributed by atoms with Crippen LogP contribution >= 0.6 is 0 Å². The molecule has 6 aromatic heterocycles. The van der Waals surface area contributed by atoms with Crippen LogP contribution in [0, 0.1) is 10.1 Å². The van der Waals surface area contributed by atoms with Crippen LogP contribution in [0.4, 0.5) is 17.1 Å². The van der Waals surface area contributed by atoms with E-state index >= 15 is 0 Å². The molecule has 534 valence electrons. The summed E-state index contributed by atoms with van der Waals surface area (Å²) in [6.07, 6.45) is 6.16. The molecule has 104 heavy (non-hydrogen) atoms. The van der Waals surface area contributed by atoms with Gasteiger partial charge in [-0.1, -0.05) is 75.4 Å². The number of aryl methyl sites for hydroxylation is 1. The number of hydrogen-bond donors (Lipinski definition) is 5. The number of rotatable bonds is 14. The maximum atomic E-state index is 13.5. The molecule has 15 rings (SSSR count). The molecule has 0 bridgehead atoms. The van der Waals surface area contributed by atoms with Crippen molar-refractivity contribution in [3.05, 3.63) is 193 Å². The highest BCUT2D eigenvalue weighted by Gasteiger charge is 2.53. The third kappa shape index (κ3) is 11.1. The van der Waals surface area contributed by atoms with Gasteiger partial charge in [0.05, 0.1) is 117 Å². The first-order valence-corrected chi connectivity index (χ1v) is 33.7. The number of fused-ring (bicyclic) bond motifs is 15. The van der Waals surface area contributed by atoms with Crippen molar-refractivity contribution in [3.8, 4) is 34.2 Å². The van der Waals surface area contributed by atoms with Crippen molar-refractivity contribution in [2.45, 2.75) is 130 Å². The second-order valence-electron chi connectivity index (χ2n) is 25.2. The van der Waals surface area contributed by atoms with E-state index in [4.69, 9.17) is 49.9 Å². The molecule has 0 unspecified atom stereocenters. The highest BCUT2D eigenvalue weighted by molar-refractivity contribution is 6.01. The van der Waals surface area contributed by atoms with Gasteiger partial charge >= 0.3 is 41.5 Å². The number of nitro groups is 1. The van der Waals surface area contributed by atoms with Crippen LogP contribution in [0.25, 0.3) is 79.0 Å². The molecule has 0 aliphatic carbocycles. The van der Waals surface area contributed by atoms with Gasteiger partial charge in [-0.15, -0.1) is 0 Å². The number of para-hydroxylation sites is 3. The highest BCUT2D eigenvalue weighted by atomic mass is 16.6. The fraction of sp³-hybridized carbons (Fsp3) is 0.307. The first-order chi connectivity index (χ1) is 49.8. The second kappa shape index (κ2) is 27.0. The average Bonchev–Trinajstić information content (AvgIpc) is 1.67. The molecule has 0 fully saturated rings. The molecular formula is C75H69N9O20. The van der Waals surface area contributed by atoms with Crippen molar-refractivity contribution in [1.82, 2.24) is 28.7 Å². The number of carbonyl (C=O) groups is 6. The minimum absolute atomic E-state index is 0.00252. The predicted molar refractivity (Wildman–Crippen MR) is 375 cm³/mol. The van der Waals surface area contributed by atoms with Gasteiger partial charge in [-0.05, 0) is 93.5 Å². The molecular weight excluding hydrogens is 1350 g/mol. The number of ether oxygens (including phenoxy) is 6. The first kappa shape index (κ1) is 70.4. The SMILES string of the molecule is CCOC(=O)/C=C/c1c2c(nc3ccccc13)-c1c(N)c3c(c(=O)n1C2)COC(=O)[C@]3(O)CC.CCOC(=O)/C=C/c1c2c(nc3ccccc13)-c1c([N+](=O)[O-])c3c(c(=O)n1C2)COC(=O)[C@]3(O)CC.CCOC(=O)CCc1c2c(nc3ccccc13)-c1c(N)c3c(c(=O)n1C2)COC(=O)[C@]3(O)CC. The first-order valence-electron chi connectivity index (χ1n) is 33.7. The summed E-state index contributed by atoms with van der Waals surface area (Å²) in [6.45, 7) is 9.98. The molecule has 3 aromatic carbocycles. The predicted octanol–water partition coefficient (Wildman–Crippen LogP) is 6.96. The number of esters is 6. The lowest BCUT2D eigenvalue weighted by Crippen LogP contribution is -2.45. The molecule has 6 aliphatic heterocycles. The molecule has 0 amide bonds. The van der Waals surface area contributed by atoms with Crippen LogP contribution in [-0.4, -0.2) is 105 Å². The largest absolute Gasteiger partial charge is 0.466 e. The quantitative estimate of drug-likeness (QED) is 0.0241. The summed E-state index contributed by atoms with van der Waals surface area (Å²) in [7, 11) is 0. The van der Waals surface area contributed by atoms with Crippen LogP contribution in [0.2, 0.25) is 0 Å². The van der Waals surface area contributed by atoms with Crippen LogP contribution in [-0.2, 0) is 120 Å². The van der Waals surface area contributed by atoms with E-state index in [1.807, 2.05) is 48.5 Å². The number of nitrogens with two attached hydrogens (primary N) is 2. The third-order valence-corrected chi connectivity index (χ3v) is 19.8. The summed E-state index contributed by atoms with van der Waals surface area (Å²) in [5, 5.41) is 48.2. The van der Waals surface area contributed by atoms with E-state index in [1.165, 1.54) is 32.8 Å². The third-order valence-electron chi connectivity index (χ3n) is 19.8. The second-order valence-corrected chi connectivity index (χ2v) is 25.2. The van der Waals surface area contributed by atoms with Gasteiger partial charge in [-0.25, -0.2) is 38.9 Å². The Labute approximate surface area is 589 Å². The maximum Gasteiger partial charge on any atom is 0.343 e. The molecule has 12 heterocycles. The van der Waals surface area contributed by atoms with Gasteiger partial charge in [-0.3, -0.25) is 33.9 Å². The van der Waals surface area contributed by atoms with Crippen molar-refractivity contribution >= 4 is 97.7 Å². The smallest absolute Gasteiger partial charge is 0.343 e. The number of nitrogen functional groups attached to an aromatic ring is 2.